The summed E-state index contributed by atoms with van der Waals surface area (Å²) in [6, 6.07) is 1.66. The Hall–Kier alpha value is -2.34. The number of nitrogens with zero attached hydrogens (tertiary/aromatic N) is 4. The van der Waals surface area contributed by atoms with E-state index in [0.29, 0.717) is 31.1 Å². The van der Waals surface area contributed by atoms with E-state index in [1.165, 1.54) is 13.1 Å². The van der Waals surface area contributed by atoms with Crippen LogP contribution in [0.5, 0.6) is 0 Å². The molecule has 3 rings (SSSR count). The van der Waals surface area contributed by atoms with Gasteiger partial charge in [-0.25, -0.2) is 0 Å². The molecule has 0 aliphatic carbocycles. The molecule has 1 amide bonds. The second-order valence-electron chi connectivity index (χ2n) is 5.80. The molecule has 2 aromatic heterocycles. The van der Waals surface area contributed by atoms with E-state index in [4.69, 9.17) is 0 Å². The third-order valence-corrected chi connectivity index (χ3v) is 4.02. The van der Waals surface area contributed by atoms with Crippen LogP contribution in [0.25, 0.3) is 0 Å². The van der Waals surface area contributed by atoms with Crippen LogP contribution in [-0.4, -0.2) is 42.6 Å². The lowest BCUT2D eigenvalue weighted by atomic mass is 9.86. The smallest absolute Gasteiger partial charge is 0.422 e. The normalized spacial score (nSPS) is 17.3. The molecule has 1 aliphatic heterocycles. The highest BCUT2D eigenvalue weighted by atomic mass is 19.4. The highest BCUT2D eigenvalue weighted by molar-refractivity contribution is 6.57. The topological polar surface area (TPSA) is 105 Å². The maximum atomic E-state index is 12.7. The summed E-state index contributed by atoms with van der Waals surface area (Å²) in [6.45, 7) is 0.554. The molecular weight excluding hydrogens is 342 g/mol. The fourth-order valence-corrected chi connectivity index (χ4v) is 2.83. The first kappa shape index (κ1) is 17.5. The molecular formula is C13H15BF3N5O3. The molecule has 134 valence electrons. The van der Waals surface area contributed by atoms with Crippen LogP contribution in [0.4, 0.5) is 13.2 Å². The number of aromatic nitrogens is 4. The van der Waals surface area contributed by atoms with Gasteiger partial charge in [0.15, 0.2) is 5.69 Å². The summed E-state index contributed by atoms with van der Waals surface area (Å²) in [5.41, 5.74) is -0.733. The number of halogens is 3. The summed E-state index contributed by atoms with van der Waals surface area (Å²) < 4.78 is 40.6. The first-order valence-corrected chi connectivity index (χ1v) is 7.52. The Morgan fingerprint density at radius 1 is 1.36 bits per heavy atom. The standard InChI is InChI=1S/C13H15BF3N5O3/c1-21-9(5-10(19-21)13(15,16)17)12(23)18-7-3-2-4-22-8(7)6-11(20-22)14(24)25/h5-7,24-25H,2-4H2,1H3,(H,18,23)/t7-/m0/s1. The zero-order chi connectivity index (χ0) is 18.4. The van der Waals surface area contributed by atoms with E-state index in [2.05, 4.69) is 15.5 Å². The van der Waals surface area contributed by atoms with Gasteiger partial charge in [-0.05, 0) is 18.9 Å². The third kappa shape index (κ3) is 3.40. The van der Waals surface area contributed by atoms with Gasteiger partial charge in [-0.2, -0.15) is 23.4 Å². The van der Waals surface area contributed by atoms with Crippen molar-refractivity contribution in [1.29, 1.82) is 0 Å². The third-order valence-electron chi connectivity index (χ3n) is 4.02. The van der Waals surface area contributed by atoms with Crippen molar-refractivity contribution in [3.63, 3.8) is 0 Å². The first-order valence-electron chi connectivity index (χ1n) is 7.52. The Kier molecular flexibility index (Phi) is 4.33. The SMILES string of the molecule is Cn1nc(C(F)(F)F)cc1C(=O)N[C@H]1CCCn2nc(B(O)O)cc21. The molecule has 0 saturated carbocycles. The van der Waals surface area contributed by atoms with Crippen LogP contribution in [0.3, 0.4) is 0 Å². The van der Waals surface area contributed by atoms with Crippen molar-refractivity contribution in [3.8, 4) is 0 Å². The van der Waals surface area contributed by atoms with E-state index in [1.807, 2.05) is 0 Å². The highest BCUT2D eigenvalue weighted by Crippen LogP contribution is 2.29. The minimum Gasteiger partial charge on any atom is -0.422 e. The molecule has 0 fully saturated rings. The molecule has 1 aliphatic rings. The largest absolute Gasteiger partial charge is 0.510 e. The number of carbonyl (C=O) groups is 1. The molecule has 0 spiro atoms. The summed E-state index contributed by atoms with van der Waals surface area (Å²) >= 11 is 0. The van der Waals surface area contributed by atoms with Gasteiger partial charge in [0.25, 0.3) is 5.91 Å². The second kappa shape index (κ2) is 6.19. The predicted molar refractivity (Wildman–Crippen MR) is 79.7 cm³/mol. The number of nitrogens with one attached hydrogen (secondary N) is 1. The number of carbonyl (C=O) groups excluding carboxylic acids is 1. The van der Waals surface area contributed by atoms with Crippen molar-refractivity contribution in [2.75, 3.05) is 0 Å². The Morgan fingerprint density at radius 2 is 2.08 bits per heavy atom. The number of aryl methyl sites for hydroxylation is 2. The van der Waals surface area contributed by atoms with Gasteiger partial charge in [0.1, 0.15) is 5.69 Å². The fourth-order valence-electron chi connectivity index (χ4n) is 2.83. The lowest BCUT2D eigenvalue weighted by Crippen LogP contribution is -2.33. The van der Waals surface area contributed by atoms with Crippen LogP contribution in [0, 0.1) is 0 Å². The van der Waals surface area contributed by atoms with Crippen molar-refractivity contribution in [3.05, 3.63) is 29.2 Å². The molecule has 8 nitrogen and oxygen atoms in total. The Labute approximate surface area is 140 Å². The van der Waals surface area contributed by atoms with E-state index < -0.39 is 30.9 Å². The van der Waals surface area contributed by atoms with Gasteiger partial charge in [-0.3, -0.25) is 14.2 Å². The van der Waals surface area contributed by atoms with Gasteiger partial charge in [-0.15, -0.1) is 0 Å². The molecule has 3 heterocycles. The summed E-state index contributed by atoms with van der Waals surface area (Å²) in [6.07, 6.45) is -3.39. The molecule has 0 bridgehead atoms. The Balaban J connectivity index is 1.82. The average molecular weight is 357 g/mol. The Bertz CT molecular complexity index is 801. The number of alkyl halides is 3. The summed E-state index contributed by atoms with van der Waals surface area (Å²) in [5, 5.41) is 28.4. The zero-order valence-corrected chi connectivity index (χ0v) is 13.2. The van der Waals surface area contributed by atoms with Gasteiger partial charge in [0.05, 0.1) is 17.3 Å². The van der Waals surface area contributed by atoms with E-state index in [9.17, 15) is 28.0 Å². The van der Waals surface area contributed by atoms with Crippen molar-refractivity contribution < 1.29 is 28.0 Å². The minimum absolute atomic E-state index is 0.0519. The lowest BCUT2D eigenvalue weighted by molar-refractivity contribution is -0.141. The number of hydrogen-bond donors (Lipinski definition) is 3. The molecule has 25 heavy (non-hydrogen) atoms. The predicted octanol–water partition coefficient (Wildman–Crippen LogP) is -0.420. The van der Waals surface area contributed by atoms with E-state index in [-0.39, 0.29) is 11.3 Å². The van der Waals surface area contributed by atoms with Crippen molar-refractivity contribution in [2.24, 2.45) is 7.05 Å². The number of rotatable bonds is 3. The van der Waals surface area contributed by atoms with Gasteiger partial charge < -0.3 is 15.4 Å². The average Bonchev–Trinajstić information content (AvgIpc) is 3.11. The maximum absolute atomic E-state index is 12.7. The molecule has 0 aromatic carbocycles. The summed E-state index contributed by atoms with van der Waals surface area (Å²) in [5.74, 6) is -0.698. The van der Waals surface area contributed by atoms with Crippen LogP contribution in [0.15, 0.2) is 12.1 Å². The van der Waals surface area contributed by atoms with Crippen LogP contribution in [-0.2, 0) is 19.8 Å². The molecule has 3 N–H and O–H groups in total. The Morgan fingerprint density at radius 3 is 2.68 bits per heavy atom. The van der Waals surface area contributed by atoms with Crippen molar-refractivity contribution >= 4 is 18.6 Å². The van der Waals surface area contributed by atoms with Gasteiger partial charge in [0.2, 0.25) is 0 Å². The van der Waals surface area contributed by atoms with Crippen LogP contribution in [0.2, 0.25) is 0 Å². The highest BCUT2D eigenvalue weighted by Gasteiger charge is 2.36. The molecule has 0 unspecified atom stereocenters. The summed E-state index contributed by atoms with van der Waals surface area (Å²) in [7, 11) is -0.476. The van der Waals surface area contributed by atoms with Crippen molar-refractivity contribution in [2.45, 2.75) is 31.6 Å². The number of hydrogen-bond acceptors (Lipinski definition) is 5. The van der Waals surface area contributed by atoms with Gasteiger partial charge in [-0.1, -0.05) is 0 Å². The molecule has 0 saturated heterocycles. The van der Waals surface area contributed by atoms with Crippen LogP contribution < -0.4 is 10.9 Å². The van der Waals surface area contributed by atoms with E-state index in [0.717, 1.165) is 4.68 Å². The first-order chi connectivity index (χ1) is 11.7. The van der Waals surface area contributed by atoms with Gasteiger partial charge in [0, 0.05) is 19.7 Å². The number of amides is 1. The number of fused-ring (bicyclic) bond motifs is 1. The van der Waals surface area contributed by atoms with Gasteiger partial charge >= 0.3 is 13.3 Å². The molecule has 0 radical (unpaired) electrons. The maximum Gasteiger partial charge on any atom is 0.510 e. The fraction of sp³-hybridized carbons (Fsp3) is 0.462. The summed E-state index contributed by atoms with van der Waals surface area (Å²) in [4.78, 5) is 12.4. The molecule has 2 aromatic rings. The van der Waals surface area contributed by atoms with Crippen molar-refractivity contribution in [1.82, 2.24) is 24.9 Å². The monoisotopic (exact) mass is 357 g/mol. The minimum atomic E-state index is -4.63. The van der Waals surface area contributed by atoms with Crippen LogP contribution in [0.1, 0.15) is 40.8 Å². The lowest BCUT2D eigenvalue weighted by Gasteiger charge is -2.24. The van der Waals surface area contributed by atoms with Crippen LogP contribution >= 0.6 is 0 Å². The molecule has 1 atom stereocenters. The zero-order valence-electron chi connectivity index (χ0n) is 13.2. The van der Waals surface area contributed by atoms with E-state index in [1.54, 1.807) is 4.68 Å². The quantitative estimate of drug-likeness (QED) is 0.648. The van der Waals surface area contributed by atoms with E-state index >= 15 is 0 Å². The molecule has 12 heteroatoms. The second-order valence-corrected chi connectivity index (χ2v) is 5.80.